The summed E-state index contributed by atoms with van der Waals surface area (Å²) in [6.45, 7) is 2.17. The Bertz CT molecular complexity index is 1110. The van der Waals surface area contributed by atoms with Gasteiger partial charge in [0.25, 0.3) is 5.91 Å². The fourth-order valence-corrected chi connectivity index (χ4v) is 4.29. The predicted octanol–water partition coefficient (Wildman–Crippen LogP) is 2.87. The normalized spacial score (nSPS) is 15.3. The molecule has 0 atom stereocenters. The van der Waals surface area contributed by atoms with E-state index in [1.165, 1.54) is 21.3 Å². The lowest BCUT2D eigenvalue weighted by Crippen LogP contribution is -2.51. The number of benzene rings is 2. The van der Waals surface area contributed by atoms with Crippen molar-refractivity contribution in [1.29, 1.82) is 0 Å². The van der Waals surface area contributed by atoms with E-state index >= 15 is 0 Å². The van der Waals surface area contributed by atoms with E-state index < -0.39 is 0 Å². The molecule has 0 bridgehead atoms. The second-order valence-electron chi connectivity index (χ2n) is 8.17. The van der Waals surface area contributed by atoms with Crippen molar-refractivity contribution in [3.8, 4) is 28.7 Å². The van der Waals surface area contributed by atoms with Gasteiger partial charge < -0.3 is 33.5 Å². The number of piperazine rings is 1. The topological polar surface area (TPSA) is 86.8 Å². The van der Waals surface area contributed by atoms with Crippen LogP contribution in [0, 0.1) is 0 Å². The third-order valence-electron chi connectivity index (χ3n) is 6.22. The van der Waals surface area contributed by atoms with Gasteiger partial charge in [-0.3, -0.25) is 9.59 Å². The number of carbonyl (C=O) groups excluding carboxylic acids is 2. The minimum Gasteiger partial charge on any atom is -0.497 e. The Labute approximate surface area is 204 Å². The SMILES string of the molecule is COc1ccc2c(c1)OCCC(C(=O)N1CCN(C(=O)c3cc(OC)c(OC)c(OC)c3)CC1)=C2. The maximum absolute atomic E-state index is 13.2. The summed E-state index contributed by atoms with van der Waals surface area (Å²) in [5.41, 5.74) is 1.98. The van der Waals surface area contributed by atoms with Gasteiger partial charge in [-0.15, -0.1) is 0 Å². The van der Waals surface area contributed by atoms with Crippen molar-refractivity contribution in [2.24, 2.45) is 0 Å². The zero-order chi connectivity index (χ0) is 24.9. The molecule has 2 heterocycles. The van der Waals surface area contributed by atoms with Crippen LogP contribution in [0.4, 0.5) is 0 Å². The van der Waals surface area contributed by atoms with E-state index in [1.807, 2.05) is 24.3 Å². The Hall–Kier alpha value is -3.88. The fourth-order valence-electron chi connectivity index (χ4n) is 4.29. The maximum Gasteiger partial charge on any atom is 0.254 e. The number of nitrogens with zero attached hydrogens (tertiary/aromatic N) is 2. The van der Waals surface area contributed by atoms with Crippen LogP contribution in [0.3, 0.4) is 0 Å². The molecular formula is C26H30N2O7. The molecule has 0 aromatic heterocycles. The van der Waals surface area contributed by atoms with Crippen LogP contribution < -0.4 is 23.7 Å². The van der Waals surface area contributed by atoms with Gasteiger partial charge >= 0.3 is 0 Å². The molecule has 2 aromatic carbocycles. The van der Waals surface area contributed by atoms with Crippen molar-refractivity contribution in [1.82, 2.24) is 9.80 Å². The fraction of sp³-hybridized carbons (Fsp3) is 0.385. The summed E-state index contributed by atoms with van der Waals surface area (Å²) in [7, 11) is 6.15. The minimum absolute atomic E-state index is 0.0304. The molecule has 9 heteroatoms. The molecule has 4 rings (SSSR count). The Kier molecular flexibility index (Phi) is 7.33. The average molecular weight is 483 g/mol. The second-order valence-corrected chi connectivity index (χ2v) is 8.17. The van der Waals surface area contributed by atoms with Crippen LogP contribution in [0.1, 0.15) is 22.3 Å². The van der Waals surface area contributed by atoms with Crippen LogP contribution in [0.5, 0.6) is 28.7 Å². The minimum atomic E-state index is -0.152. The van der Waals surface area contributed by atoms with E-state index in [9.17, 15) is 9.59 Å². The van der Waals surface area contributed by atoms with Crippen molar-refractivity contribution in [2.45, 2.75) is 6.42 Å². The summed E-state index contributed by atoms with van der Waals surface area (Å²) >= 11 is 0. The van der Waals surface area contributed by atoms with Crippen LogP contribution in [-0.4, -0.2) is 82.8 Å². The first-order chi connectivity index (χ1) is 17.0. The molecule has 0 spiro atoms. The predicted molar refractivity (Wildman–Crippen MR) is 130 cm³/mol. The number of rotatable bonds is 6. The third kappa shape index (κ3) is 4.99. The molecular weight excluding hydrogens is 452 g/mol. The van der Waals surface area contributed by atoms with Crippen LogP contribution in [0.2, 0.25) is 0 Å². The summed E-state index contributed by atoms with van der Waals surface area (Å²) in [6, 6.07) is 8.85. The number of hydrogen-bond acceptors (Lipinski definition) is 7. The number of methoxy groups -OCH3 is 4. The van der Waals surface area contributed by atoms with E-state index in [0.717, 1.165) is 5.56 Å². The monoisotopic (exact) mass is 482 g/mol. The molecule has 2 aliphatic heterocycles. The zero-order valence-corrected chi connectivity index (χ0v) is 20.5. The van der Waals surface area contributed by atoms with Crippen molar-refractivity contribution >= 4 is 17.9 Å². The van der Waals surface area contributed by atoms with Gasteiger partial charge in [-0.2, -0.15) is 0 Å². The van der Waals surface area contributed by atoms with Gasteiger partial charge in [0.2, 0.25) is 11.7 Å². The van der Waals surface area contributed by atoms with E-state index in [1.54, 1.807) is 29.0 Å². The molecule has 1 saturated heterocycles. The van der Waals surface area contributed by atoms with Gasteiger partial charge in [-0.25, -0.2) is 0 Å². The van der Waals surface area contributed by atoms with Gasteiger partial charge in [0.1, 0.15) is 11.5 Å². The summed E-state index contributed by atoms with van der Waals surface area (Å²) in [5, 5.41) is 0. The van der Waals surface area contributed by atoms with Crippen molar-refractivity contribution in [3.05, 3.63) is 47.0 Å². The molecule has 35 heavy (non-hydrogen) atoms. The Morgan fingerprint density at radius 2 is 1.43 bits per heavy atom. The van der Waals surface area contributed by atoms with Crippen LogP contribution in [0.15, 0.2) is 35.9 Å². The van der Waals surface area contributed by atoms with E-state index in [-0.39, 0.29) is 11.8 Å². The molecule has 0 radical (unpaired) electrons. The molecule has 0 saturated carbocycles. The van der Waals surface area contributed by atoms with Gasteiger partial charge in [0, 0.05) is 55.4 Å². The highest BCUT2D eigenvalue weighted by Gasteiger charge is 2.28. The number of fused-ring (bicyclic) bond motifs is 1. The van der Waals surface area contributed by atoms with Crippen molar-refractivity contribution in [3.63, 3.8) is 0 Å². The molecule has 186 valence electrons. The largest absolute Gasteiger partial charge is 0.497 e. The number of ether oxygens (including phenoxy) is 5. The number of hydrogen-bond donors (Lipinski definition) is 0. The van der Waals surface area contributed by atoms with Crippen LogP contribution >= 0.6 is 0 Å². The molecule has 0 N–H and O–H groups in total. The quantitative estimate of drug-likeness (QED) is 0.626. The molecule has 0 aliphatic carbocycles. The number of carbonyl (C=O) groups is 2. The lowest BCUT2D eigenvalue weighted by molar-refractivity contribution is -0.128. The lowest BCUT2D eigenvalue weighted by atomic mass is 10.1. The Balaban J connectivity index is 1.44. The summed E-state index contributed by atoms with van der Waals surface area (Å²) in [5.74, 6) is 2.50. The highest BCUT2D eigenvalue weighted by atomic mass is 16.5. The lowest BCUT2D eigenvalue weighted by Gasteiger charge is -2.35. The first-order valence-corrected chi connectivity index (χ1v) is 11.4. The van der Waals surface area contributed by atoms with Crippen molar-refractivity contribution in [2.75, 3.05) is 61.2 Å². The smallest absolute Gasteiger partial charge is 0.254 e. The first-order valence-electron chi connectivity index (χ1n) is 11.4. The zero-order valence-electron chi connectivity index (χ0n) is 20.5. The van der Waals surface area contributed by atoms with Crippen molar-refractivity contribution < 1.29 is 33.3 Å². The van der Waals surface area contributed by atoms with Gasteiger partial charge in [0.05, 0.1) is 35.0 Å². The third-order valence-corrected chi connectivity index (χ3v) is 6.22. The molecule has 9 nitrogen and oxygen atoms in total. The van der Waals surface area contributed by atoms with Crippen LogP contribution in [0.25, 0.3) is 6.08 Å². The Morgan fingerprint density at radius 3 is 2.00 bits per heavy atom. The number of amides is 2. The van der Waals surface area contributed by atoms with E-state index in [4.69, 9.17) is 23.7 Å². The maximum atomic E-state index is 13.2. The highest BCUT2D eigenvalue weighted by Crippen LogP contribution is 2.38. The molecule has 2 amide bonds. The standard InChI is InChI=1S/C26H30N2O7/c1-31-20-6-5-17-13-18(7-12-35-21(17)16-20)25(29)27-8-10-28(11-9-27)26(30)19-14-22(32-2)24(34-4)23(15-19)33-3/h5-6,13-16H,7-12H2,1-4H3. The van der Waals surface area contributed by atoms with Gasteiger partial charge in [0.15, 0.2) is 11.5 Å². The van der Waals surface area contributed by atoms with Gasteiger partial charge in [-0.1, -0.05) is 0 Å². The Morgan fingerprint density at radius 1 is 0.800 bits per heavy atom. The average Bonchev–Trinajstić information content (AvgIpc) is 3.13. The van der Waals surface area contributed by atoms with Crippen LogP contribution in [-0.2, 0) is 4.79 Å². The van der Waals surface area contributed by atoms with Gasteiger partial charge in [-0.05, 0) is 30.3 Å². The molecule has 0 unspecified atom stereocenters. The summed E-state index contributed by atoms with van der Waals surface area (Å²) in [4.78, 5) is 30.0. The molecule has 2 aromatic rings. The molecule has 2 aliphatic rings. The van der Waals surface area contributed by atoms with E-state index in [0.29, 0.717) is 79.1 Å². The summed E-state index contributed by atoms with van der Waals surface area (Å²) < 4.78 is 27.2. The highest BCUT2D eigenvalue weighted by molar-refractivity contribution is 5.99. The summed E-state index contributed by atoms with van der Waals surface area (Å²) in [6.07, 6.45) is 2.40. The second kappa shape index (κ2) is 10.6. The van der Waals surface area contributed by atoms with E-state index in [2.05, 4.69) is 0 Å². The first kappa shape index (κ1) is 24.3. The molecule has 1 fully saturated rings.